The van der Waals surface area contributed by atoms with Crippen molar-refractivity contribution in [2.45, 2.75) is 44.7 Å². The van der Waals surface area contributed by atoms with E-state index in [-0.39, 0.29) is 28.9 Å². The van der Waals surface area contributed by atoms with Crippen LogP contribution in [0.15, 0.2) is 24.5 Å². The number of piperidine rings is 1. The summed E-state index contributed by atoms with van der Waals surface area (Å²) < 4.78 is 65.1. The Morgan fingerprint density at radius 3 is 2.78 bits per heavy atom. The molecule has 1 aliphatic rings. The highest BCUT2D eigenvalue weighted by atomic mass is 19.4. The van der Waals surface area contributed by atoms with Crippen molar-refractivity contribution in [3.63, 3.8) is 0 Å². The van der Waals surface area contributed by atoms with Crippen molar-refractivity contribution in [3.8, 4) is 0 Å². The summed E-state index contributed by atoms with van der Waals surface area (Å²) in [5.41, 5.74) is -0.499. The third-order valence-electron chi connectivity index (χ3n) is 5.52. The van der Waals surface area contributed by atoms with Crippen LogP contribution in [0.2, 0.25) is 0 Å². The van der Waals surface area contributed by atoms with Crippen LogP contribution in [0.5, 0.6) is 0 Å². The van der Waals surface area contributed by atoms with E-state index in [9.17, 15) is 22.0 Å². The number of alkyl halides is 5. The van der Waals surface area contributed by atoms with Crippen LogP contribution in [0.3, 0.4) is 0 Å². The summed E-state index contributed by atoms with van der Waals surface area (Å²) in [7, 11) is 0. The van der Waals surface area contributed by atoms with Gasteiger partial charge in [-0.2, -0.15) is 13.2 Å². The van der Waals surface area contributed by atoms with Crippen molar-refractivity contribution in [3.05, 3.63) is 41.5 Å². The van der Waals surface area contributed by atoms with E-state index in [4.69, 9.17) is 5.41 Å². The number of nitrogens with zero attached hydrogens (tertiary/aromatic N) is 4. The molecule has 1 saturated heterocycles. The maximum absolute atomic E-state index is 13.3. The molecule has 32 heavy (non-hydrogen) atoms. The Hall–Kier alpha value is -2.85. The van der Waals surface area contributed by atoms with E-state index in [0.717, 1.165) is 25.3 Å². The molecule has 2 aromatic rings. The van der Waals surface area contributed by atoms with E-state index in [1.165, 1.54) is 18.3 Å². The van der Waals surface area contributed by atoms with Gasteiger partial charge in [0.2, 0.25) is 0 Å². The smallest absolute Gasteiger partial charge is 0.362 e. The van der Waals surface area contributed by atoms with Crippen molar-refractivity contribution in [1.82, 2.24) is 15.0 Å². The Bertz CT molecular complexity index is 920. The lowest BCUT2D eigenvalue weighted by atomic mass is 9.85. The summed E-state index contributed by atoms with van der Waals surface area (Å²) in [4.78, 5) is 14.0. The Morgan fingerprint density at radius 2 is 2.09 bits per heavy atom. The fourth-order valence-electron chi connectivity index (χ4n) is 4.10. The molecule has 3 rings (SSSR count). The van der Waals surface area contributed by atoms with E-state index in [0.29, 0.717) is 25.3 Å². The van der Waals surface area contributed by atoms with Gasteiger partial charge in [-0.3, -0.25) is 4.98 Å². The maximum Gasteiger partial charge on any atom is 0.433 e. The van der Waals surface area contributed by atoms with Crippen molar-refractivity contribution < 1.29 is 22.0 Å². The van der Waals surface area contributed by atoms with E-state index >= 15 is 0 Å². The van der Waals surface area contributed by atoms with E-state index in [2.05, 4.69) is 20.3 Å². The van der Waals surface area contributed by atoms with Gasteiger partial charge in [0.05, 0.1) is 12.7 Å². The number of hydrogen-bond donors (Lipinski definition) is 2. The zero-order valence-electron chi connectivity index (χ0n) is 17.5. The monoisotopic (exact) mass is 456 g/mol. The molecule has 1 fully saturated rings. The Labute approximate surface area is 182 Å². The summed E-state index contributed by atoms with van der Waals surface area (Å²) in [6.45, 7) is 2.42. The highest BCUT2D eigenvalue weighted by Crippen LogP contribution is 2.37. The normalized spacial score (nSPS) is 18.0. The van der Waals surface area contributed by atoms with Crippen LogP contribution in [0.1, 0.15) is 49.1 Å². The Morgan fingerprint density at radius 1 is 1.31 bits per heavy atom. The number of halogens is 5. The first-order valence-corrected chi connectivity index (χ1v) is 10.4. The van der Waals surface area contributed by atoms with Gasteiger partial charge in [-0.25, -0.2) is 18.7 Å². The number of pyridine rings is 1. The highest BCUT2D eigenvalue weighted by molar-refractivity contribution is 5.81. The summed E-state index contributed by atoms with van der Waals surface area (Å²) in [5, 5.41) is 9.90. The van der Waals surface area contributed by atoms with Gasteiger partial charge in [-0.05, 0) is 42.7 Å². The van der Waals surface area contributed by atoms with Crippen LogP contribution < -0.4 is 10.2 Å². The Balaban J connectivity index is 1.72. The number of rotatable bonds is 8. The first-order valence-electron chi connectivity index (χ1n) is 10.4. The second-order valence-corrected chi connectivity index (χ2v) is 7.91. The largest absolute Gasteiger partial charge is 0.433 e. The molecule has 0 aliphatic carbocycles. The van der Waals surface area contributed by atoms with Crippen LogP contribution in [0.4, 0.5) is 33.6 Å². The average Bonchev–Trinajstić information content (AvgIpc) is 2.77. The molecule has 2 atom stereocenters. The van der Waals surface area contributed by atoms with Crippen LogP contribution >= 0.6 is 0 Å². The van der Waals surface area contributed by atoms with Gasteiger partial charge in [0.25, 0.3) is 6.43 Å². The van der Waals surface area contributed by atoms with Gasteiger partial charge in [0, 0.05) is 25.5 Å². The van der Waals surface area contributed by atoms with Crippen molar-refractivity contribution >= 4 is 17.9 Å². The molecule has 6 nitrogen and oxygen atoms in total. The summed E-state index contributed by atoms with van der Waals surface area (Å²) >= 11 is 0. The van der Waals surface area contributed by atoms with Gasteiger partial charge in [-0.15, -0.1) is 0 Å². The van der Waals surface area contributed by atoms with Gasteiger partial charge in [-0.1, -0.05) is 13.0 Å². The van der Waals surface area contributed by atoms with Crippen LogP contribution in [-0.2, 0) is 6.18 Å². The first kappa shape index (κ1) is 23.8. The molecular weight excluding hydrogens is 431 g/mol. The zero-order valence-corrected chi connectivity index (χ0v) is 17.5. The molecule has 11 heteroatoms. The van der Waals surface area contributed by atoms with Gasteiger partial charge < -0.3 is 15.6 Å². The minimum atomic E-state index is -4.50. The topological polar surface area (TPSA) is 77.8 Å². The average molecular weight is 456 g/mol. The lowest BCUT2D eigenvalue weighted by Crippen LogP contribution is -2.36. The first-order chi connectivity index (χ1) is 15.2. The van der Waals surface area contributed by atoms with Crippen molar-refractivity contribution in [2.24, 2.45) is 5.92 Å². The standard InChI is InChI=1S/C21H25F5N6/c1-13(15-5-2-6-28-19(15)21(24,25)26)8-14-4-3-7-32(12-14)18-11-29-16(9-27)20(31-18)30-10-17(22)23/h2,5-6,9,11,13-14,17,27H,3-4,7-8,10,12H2,1H3,(H,30,31). The predicted octanol–water partition coefficient (Wildman–Crippen LogP) is 4.98. The van der Waals surface area contributed by atoms with Crippen LogP contribution in [0.25, 0.3) is 0 Å². The maximum atomic E-state index is 13.3. The van der Waals surface area contributed by atoms with Crippen molar-refractivity contribution in [2.75, 3.05) is 29.9 Å². The number of aromatic nitrogens is 3. The molecule has 1 aliphatic heterocycles. The molecule has 0 radical (unpaired) electrons. The van der Waals surface area contributed by atoms with E-state index < -0.39 is 24.8 Å². The fourth-order valence-corrected chi connectivity index (χ4v) is 4.10. The summed E-state index contributed by atoms with van der Waals surface area (Å²) in [6, 6.07) is 2.99. The van der Waals surface area contributed by atoms with Crippen LogP contribution in [-0.4, -0.2) is 47.2 Å². The molecule has 0 amide bonds. The minimum Gasteiger partial charge on any atom is -0.362 e. The molecule has 0 aromatic carbocycles. The number of anilines is 2. The highest BCUT2D eigenvalue weighted by Gasteiger charge is 2.36. The van der Waals surface area contributed by atoms with Crippen LogP contribution in [0, 0.1) is 11.3 Å². The van der Waals surface area contributed by atoms with Crippen molar-refractivity contribution in [1.29, 1.82) is 5.41 Å². The van der Waals surface area contributed by atoms with E-state index in [1.807, 2.05) is 4.90 Å². The lowest BCUT2D eigenvalue weighted by Gasteiger charge is -2.35. The second-order valence-electron chi connectivity index (χ2n) is 7.91. The van der Waals surface area contributed by atoms with Gasteiger partial charge >= 0.3 is 6.18 Å². The molecule has 2 N–H and O–H groups in total. The quantitative estimate of drug-likeness (QED) is 0.433. The molecule has 174 valence electrons. The second kappa shape index (κ2) is 10.2. The lowest BCUT2D eigenvalue weighted by molar-refractivity contribution is -0.142. The third kappa shape index (κ3) is 5.89. The number of hydrogen-bond acceptors (Lipinski definition) is 6. The van der Waals surface area contributed by atoms with Gasteiger partial charge in [0.1, 0.15) is 17.2 Å². The number of nitrogens with one attached hydrogen (secondary N) is 2. The molecule has 2 aromatic heterocycles. The third-order valence-corrected chi connectivity index (χ3v) is 5.52. The minimum absolute atomic E-state index is 0.110. The molecule has 0 spiro atoms. The summed E-state index contributed by atoms with van der Waals surface area (Å²) in [5.74, 6) is 0.391. The van der Waals surface area contributed by atoms with Gasteiger partial charge in [0.15, 0.2) is 5.82 Å². The SMILES string of the molecule is CC(CC1CCCN(c2cnc(C=N)c(NCC(F)F)n2)C1)c1cccnc1C(F)(F)F. The predicted molar refractivity (Wildman–Crippen MR) is 112 cm³/mol. The summed E-state index contributed by atoms with van der Waals surface area (Å²) in [6.07, 6.45) is -1.26. The van der Waals surface area contributed by atoms with E-state index in [1.54, 1.807) is 6.92 Å². The molecule has 0 saturated carbocycles. The molecule has 2 unspecified atom stereocenters. The zero-order chi connectivity index (χ0) is 23.3. The molecule has 0 bridgehead atoms. The molecular formula is C21H25F5N6. The molecule has 3 heterocycles. The Kier molecular flexibility index (Phi) is 7.57. The fraction of sp³-hybridized carbons (Fsp3) is 0.524.